The van der Waals surface area contributed by atoms with Crippen LogP contribution >= 0.6 is 10.0 Å². The molecule has 0 aliphatic carbocycles. The smallest absolute Gasteiger partial charge is 0.330 e. The number of aromatic amines is 1. The summed E-state index contributed by atoms with van der Waals surface area (Å²) in [5, 5.41) is 2.43. The molecule has 0 spiro atoms. The van der Waals surface area contributed by atoms with Gasteiger partial charge < -0.3 is 9.55 Å². The van der Waals surface area contributed by atoms with E-state index in [4.69, 9.17) is 40.0 Å². The summed E-state index contributed by atoms with van der Waals surface area (Å²) in [4.78, 5) is 33.9. The molecule has 47 heavy (non-hydrogen) atoms. The molecule has 0 unspecified atom stereocenters. The van der Waals surface area contributed by atoms with Crippen molar-refractivity contribution in [3.05, 3.63) is 121 Å². The fourth-order valence-electron chi connectivity index (χ4n) is 5.34. The van der Waals surface area contributed by atoms with Crippen molar-refractivity contribution >= 4 is 57.6 Å². The average molecular weight is 658 g/mol. The van der Waals surface area contributed by atoms with E-state index in [1.165, 1.54) is 0 Å². The molecule has 2 aromatic carbocycles. The lowest BCUT2D eigenvalue weighted by Crippen LogP contribution is -2.09. The van der Waals surface area contributed by atoms with E-state index in [1.807, 2.05) is 60.0 Å². The topological polar surface area (TPSA) is 98.1 Å². The van der Waals surface area contributed by atoms with Gasteiger partial charge in [-0.15, -0.1) is 6.58 Å². The Bertz CT molecular complexity index is 2040. The molecular formula is C37H39AlClN8. The van der Waals surface area contributed by atoms with Crippen molar-refractivity contribution in [1.29, 1.82) is 0 Å². The van der Waals surface area contributed by atoms with Crippen molar-refractivity contribution in [2.24, 2.45) is 0 Å². The lowest BCUT2D eigenvalue weighted by atomic mass is 10.0. The van der Waals surface area contributed by atoms with Crippen LogP contribution in [0.15, 0.2) is 91.8 Å². The average Bonchev–Trinajstić information content (AvgIpc) is 3.57. The number of hydrogen-bond donors (Lipinski definition) is 1. The van der Waals surface area contributed by atoms with Gasteiger partial charge in [-0.1, -0.05) is 92.8 Å². The first kappa shape index (κ1) is 33.9. The molecule has 0 saturated carbocycles. The molecule has 1 radical (unpaired) electrons. The maximum Gasteiger partial charge on any atom is 0.381 e. The molecule has 237 valence electrons. The highest BCUT2D eigenvalue weighted by molar-refractivity contribution is 6.93. The van der Waals surface area contributed by atoms with E-state index in [9.17, 15) is 0 Å². The minimum absolute atomic E-state index is 0.441. The second-order valence-corrected chi connectivity index (χ2v) is 12.5. The SMILES string of the molecule is C=CCc1nc(C/C=C\C)ncn([CH2][Al][Cl])c(-c2ccccc2C)nc2nc(nc3[nH]c(n1)c1ccccc31)C(=C/CC)/C2=C\CC. The molecule has 0 amide bonds. The fourth-order valence-corrected chi connectivity index (χ4v) is 6.21. The molecule has 4 aromatic rings. The molecule has 10 heteroatoms. The molecule has 0 atom stereocenters. The Morgan fingerprint density at radius 2 is 1.49 bits per heavy atom. The van der Waals surface area contributed by atoms with Crippen LogP contribution in [-0.2, 0) is 18.2 Å². The zero-order valence-corrected chi connectivity index (χ0v) is 29.3. The Labute approximate surface area is 286 Å². The number of aryl methyl sites for hydroxylation is 1. The van der Waals surface area contributed by atoms with Crippen molar-refractivity contribution in [2.45, 2.75) is 58.8 Å². The van der Waals surface area contributed by atoms with Crippen molar-refractivity contribution < 1.29 is 0 Å². The van der Waals surface area contributed by atoms with Gasteiger partial charge in [0, 0.05) is 40.3 Å². The normalized spacial score (nSPS) is 13.7. The van der Waals surface area contributed by atoms with Gasteiger partial charge in [0.05, 0.1) is 6.33 Å². The molecule has 4 bridgehead atoms. The minimum atomic E-state index is -0.441. The number of halogens is 1. The van der Waals surface area contributed by atoms with E-state index in [1.54, 1.807) is 12.4 Å². The van der Waals surface area contributed by atoms with E-state index in [0.29, 0.717) is 58.7 Å². The number of H-pyrrole nitrogens is 1. The summed E-state index contributed by atoms with van der Waals surface area (Å²) in [5.74, 6) is 3.10. The van der Waals surface area contributed by atoms with Crippen LogP contribution in [0.4, 0.5) is 0 Å². The van der Waals surface area contributed by atoms with Gasteiger partial charge in [-0.3, -0.25) is 10.0 Å². The third-order valence-electron chi connectivity index (χ3n) is 7.54. The Balaban J connectivity index is 2.04. The predicted octanol–water partition coefficient (Wildman–Crippen LogP) is 8.54. The van der Waals surface area contributed by atoms with Gasteiger partial charge in [0.1, 0.15) is 28.8 Å². The first-order valence-corrected chi connectivity index (χ1v) is 18.5. The number of fused-ring (bicyclic) bond motifs is 7. The third kappa shape index (κ3) is 7.94. The van der Waals surface area contributed by atoms with E-state index in [0.717, 1.165) is 45.9 Å². The number of nitrogens with one attached hydrogen (secondary N) is 1. The van der Waals surface area contributed by atoms with Crippen molar-refractivity contribution in [3.8, 4) is 11.4 Å². The number of rotatable bonds is 9. The standard InChI is InChI=1S/C37H39N8.Al.ClH/c1-7-11-23-31-38-24-45(6)37(26-20-13-12-19-25(26)5)44-36-28(17-9-3)27(16-8-2)34(43-36)42-35-30-22-15-14-21-29(30)33(41-35)40-32(39-31)18-10-4;;/h7,10-17,19-22,24,41H,4,6,8-9,18,23H2,1-3,5H3;;1H/q;+1;/p-1/b11-7-,27-16+,28-17+,38-24?,39-31?,40-32?,42-34?,44-37?;;. The zero-order chi connectivity index (χ0) is 33.2. The number of aromatic nitrogens is 8. The summed E-state index contributed by atoms with van der Waals surface area (Å²) in [6.07, 6.45) is 14.6. The van der Waals surface area contributed by atoms with Gasteiger partial charge >= 0.3 is 14.3 Å². The van der Waals surface area contributed by atoms with Crippen LogP contribution in [0.2, 0.25) is 0 Å². The van der Waals surface area contributed by atoms with Crippen LogP contribution in [-0.4, -0.2) is 53.8 Å². The van der Waals surface area contributed by atoms with Crippen LogP contribution < -0.4 is 0 Å². The van der Waals surface area contributed by atoms with E-state index in [2.05, 4.69) is 56.6 Å². The van der Waals surface area contributed by atoms with E-state index >= 15 is 0 Å². The van der Waals surface area contributed by atoms with Gasteiger partial charge in [-0.2, -0.15) is 0 Å². The number of benzene rings is 2. The van der Waals surface area contributed by atoms with Crippen LogP contribution in [0.3, 0.4) is 0 Å². The minimum Gasteiger partial charge on any atom is -0.330 e. The third-order valence-corrected chi connectivity index (χ3v) is 8.48. The Kier molecular flexibility index (Phi) is 11.9. The number of allylic oxidation sites excluding steroid dienone is 7. The second kappa shape index (κ2) is 16.4. The summed E-state index contributed by atoms with van der Waals surface area (Å²) in [7, 11) is 6.50. The maximum absolute atomic E-state index is 6.50. The summed E-state index contributed by atoms with van der Waals surface area (Å²) in [6, 6.07) is 16.3. The highest BCUT2D eigenvalue weighted by Gasteiger charge is 2.23. The van der Waals surface area contributed by atoms with Crippen molar-refractivity contribution in [2.75, 3.05) is 0 Å². The van der Waals surface area contributed by atoms with Crippen molar-refractivity contribution in [1.82, 2.24) is 39.5 Å². The highest BCUT2D eigenvalue weighted by Crippen LogP contribution is 2.34. The Morgan fingerprint density at radius 1 is 0.830 bits per heavy atom. The monoisotopic (exact) mass is 657 g/mol. The summed E-state index contributed by atoms with van der Waals surface area (Å²) < 4.78 is 2.01. The van der Waals surface area contributed by atoms with Crippen LogP contribution in [0.5, 0.6) is 0 Å². The largest absolute Gasteiger partial charge is 0.381 e. The molecular weight excluding hydrogens is 619 g/mol. The maximum atomic E-state index is 6.50. The first-order chi connectivity index (χ1) is 23.0. The quantitative estimate of drug-likeness (QED) is 0.143. The molecule has 3 heterocycles. The fraction of sp³-hybridized carbons (Fsp3) is 0.243. The first-order valence-electron chi connectivity index (χ1n) is 15.9. The molecule has 0 saturated heterocycles. The molecule has 1 N–H and O–H groups in total. The van der Waals surface area contributed by atoms with Gasteiger partial charge in [0.25, 0.3) is 0 Å². The van der Waals surface area contributed by atoms with Gasteiger partial charge in [-0.25, -0.2) is 29.9 Å². The number of hydrogen-bond acceptors (Lipinski definition) is 6. The predicted molar refractivity (Wildman–Crippen MR) is 195 cm³/mol. The summed E-state index contributed by atoms with van der Waals surface area (Å²) in [6.45, 7) is 12.3. The van der Waals surface area contributed by atoms with Crippen LogP contribution in [0.25, 0.3) is 44.6 Å². The lowest BCUT2D eigenvalue weighted by molar-refractivity contribution is 0.809. The summed E-state index contributed by atoms with van der Waals surface area (Å²) in [5.41, 5.74) is 5.30. The Hall–Kier alpha value is -4.42. The molecule has 1 aliphatic heterocycles. The molecule has 0 fully saturated rings. The second-order valence-electron chi connectivity index (χ2n) is 10.9. The van der Waals surface area contributed by atoms with E-state index in [-0.39, 0.29) is 0 Å². The van der Waals surface area contributed by atoms with Crippen LogP contribution in [0.1, 0.15) is 62.5 Å². The van der Waals surface area contributed by atoms with Gasteiger partial charge in [0.15, 0.2) is 11.6 Å². The van der Waals surface area contributed by atoms with Crippen molar-refractivity contribution in [3.63, 3.8) is 0 Å². The molecule has 1 aliphatic rings. The van der Waals surface area contributed by atoms with E-state index < -0.39 is 14.3 Å². The molecule has 2 aromatic heterocycles. The lowest BCUT2D eigenvalue weighted by Gasteiger charge is -2.12. The zero-order valence-electron chi connectivity index (χ0n) is 27.4. The van der Waals surface area contributed by atoms with Gasteiger partial charge in [0.2, 0.25) is 0 Å². The van der Waals surface area contributed by atoms with Gasteiger partial charge in [-0.05, 0) is 37.7 Å². The van der Waals surface area contributed by atoms with Crippen LogP contribution in [0, 0.1) is 6.92 Å². The molecule has 5 rings (SSSR count). The Morgan fingerprint density at radius 3 is 2.13 bits per heavy atom. The number of nitrogens with zero attached hydrogens (tertiary/aromatic N) is 7. The highest BCUT2D eigenvalue weighted by atomic mass is 35.6. The molecule has 8 nitrogen and oxygen atoms in total. The summed E-state index contributed by atoms with van der Waals surface area (Å²) >= 11 is -0.441.